The number of nitrogens with zero attached hydrogens (tertiary/aromatic N) is 3. The molecule has 0 N–H and O–H groups in total. The molecule has 2 aromatic carbocycles. The molecule has 3 fully saturated rings. The van der Waals surface area contributed by atoms with E-state index >= 15 is 0 Å². The summed E-state index contributed by atoms with van der Waals surface area (Å²) in [6, 6.07) is 11.3. The summed E-state index contributed by atoms with van der Waals surface area (Å²) in [5.41, 5.74) is 0.556. The molecular formula is C20H21N3O4S. The number of carbonyl (C=O) groups excluding carboxylic acids is 2. The van der Waals surface area contributed by atoms with Gasteiger partial charge >= 0.3 is 6.03 Å². The lowest BCUT2D eigenvalue weighted by molar-refractivity contribution is -0.120. The van der Waals surface area contributed by atoms with Crippen LogP contribution in [0.4, 0.5) is 10.5 Å². The summed E-state index contributed by atoms with van der Waals surface area (Å²) in [5.74, 6) is -0.336. The molecule has 3 atom stereocenters. The minimum Gasteiger partial charge on any atom is -0.306 e. The van der Waals surface area contributed by atoms with Crippen LogP contribution in [0.1, 0.15) is 20.3 Å². The van der Waals surface area contributed by atoms with Crippen LogP contribution in [0.3, 0.4) is 0 Å². The molecule has 3 heterocycles. The third-order valence-corrected chi connectivity index (χ3v) is 8.41. The molecule has 28 heavy (non-hydrogen) atoms. The zero-order chi connectivity index (χ0) is 19.8. The first kappa shape index (κ1) is 17.6. The number of rotatable bonds is 3. The normalized spacial score (nSPS) is 27.5. The minimum atomic E-state index is -3.48. The van der Waals surface area contributed by atoms with Crippen molar-refractivity contribution in [3.8, 4) is 0 Å². The molecule has 0 aromatic heterocycles. The van der Waals surface area contributed by atoms with Gasteiger partial charge in [-0.2, -0.15) is 4.31 Å². The number of imide groups is 1. The number of anilines is 1. The number of hydrogen-bond acceptors (Lipinski definition) is 4. The van der Waals surface area contributed by atoms with E-state index in [-0.39, 0.29) is 24.5 Å². The Balaban J connectivity index is 1.56. The number of urea groups is 1. The molecular weight excluding hydrogens is 378 g/mol. The van der Waals surface area contributed by atoms with Crippen molar-refractivity contribution in [3.63, 3.8) is 0 Å². The monoisotopic (exact) mass is 399 g/mol. The summed E-state index contributed by atoms with van der Waals surface area (Å²) in [5, 5.41) is 1.22. The third kappa shape index (κ3) is 2.15. The highest BCUT2D eigenvalue weighted by molar-refractivity contribution is 7.89. The van der Waals surface area contributed by atoms with E-state index in [0.717, 1.165) is 10.8 Å². The second kappa shape index (κ2) is 5.78. The zero-order valence-corrected chi connectivity index (χ0v) is 16.5. The van der Waals surface area contributed by atoms with Crippen LogP contribution in [0.15, 0.2) is 42.5 Å². The average Bonchev–Trinajstić information content (AvgIpc) is 3.33. The molecule has 3 aliphatic heterocycles. The summed E-state index contributed by atoms with van der Waals surface area (Å²) >= 11 is 0. The molecule has 0 unspecified atom stereocenters. The highest BCUT2D eigenvalue weighted by atomic mass is 32.2. The third-order valence-electron chi connectivity index (χ3n) is 6.15. The van der Waals surface area contributed by atoms with Crippen molar-refractivity contribution in [1.82, 2.24) is 9.21 Å². The van der Waals surface area contributed by atoms with Gasteiger partial charge in [0.2, 0.25) is 10.0 Å². The van der Waals surface area contributed by atoms with Crippen molar-refractivity contribution in [3.05, 3.63) is 42.5 Å². The predicted octanol–water partition coefficient (Wildman–Crippen LogP) is 2.17. The lowest BCUT2D eigenvalue weighted by Crippen LogP contribution is -2.55. The summed E-state index contributed by atoms with van der Waals surface area (Å²) < 4.78 is 26.9. The summed E-state index contributed by atoms with van der Waals surface area (Å²) in [6.07, 6.45) is 0.525. The van der Waals surface area contributed by atoms with Crippen molar-refractivity contribution in [1.29, 1.82) is 0 Å². The van der Waals surface area contributed by atoms with Crippen LogP contribution in [0.2, 0.25) is 0 Å². The fraction of sp³-hybridized carbons (Fsp3) is 0.400. The standard InChI is InChI=1S/C20H21N3O4S/c1-12(2)28(26,27)21-11-14-10-17(21)18-19(24)23(20(25)22(14)18)16-9-5-7-13-6-3-4-8-15(13)16/h3-9,12,14,17-18H,10-11H2,1-2H3/t14-,17-,18-/m0/s1. The van der Waals surface area contributed by atoms with Gasteiger partial charge in [0.25, 0.3) is 5.91 Å². The Morgan fingerprint density at radius 2 is 1.75 bits per heavy atom. The van der Waals surface area contributed by atoms with Gasteiger partial charge in [0.05, 0.1) is 17.0 Å². The molecule has 3 aliphatic rings. The molecule has 146 valence electrons. The van der Waals surface area contributed by atoms with Gasteiger partial charge in [0.1, 0.15) is 6.04 Å². The van der Waals surface area contributed by atoms with Gasteiger partial charge < -0.3 is 4.90 Å². The number of hydrogen-bond donors (Lipinski definition) is 0. The zero-order valence-electron chi connectivity index (χ0n) is 15.6. The molecule has 2 bridgehead atoms. The molecule has 3 amide bonds. The summed E-state index contributed by atoms with van der Waals surface area (Å²) in [6.45, 7) is 3.55. The van der Waals surface area contributed by atoms with Crippen molar-refractivity contribution in [2.45, 2.75) is 43.6 Å². The Kier molecular flexibility index (Phi) is 3.64. The van der Waals surface area contributed by atoms with E-state index in [2.05, 4.69) is 0 Å². The van der Waals surface area contributed by atoms with E-state index in [9.17, 15) is 18.0 Å². The molecule has 8 heteroatoms. The highest BCUT2D eigenvalue weighted by Gasteiger charge is 2.64. The number of carbonyl (C=O) groups is 2. The summed E-state index contributed by atoms with van der Waals surface area (Å²) in [4.78, 5) is 29.3. The number of fused-ring (bicyclic) bond motifs is 6. The van der Waals surface area contributed by atoms with Crippen molar-refractivity contribution in [2.24, 2.45) is 0 Å². The first-order chi connectivity index (χ1) is 13.3. The highest BCUT2D eigenvalue weighted by Crippen LogP contribution is 2.44. The number of amides is 3. The maximum atomic E-state index is 13.3. The van der Waals surface area contributed by atoms with Crippen LogP contribution in [-0.4, -0.2) is 59.5 Å². The largest absolute Gasteiger partial charge is 0.332 e. The molecule has 7 nitrogen and oxygen atoms in total. The van der Waals surface area contributed by atoms with E-state index in [1.807, 2.05) is 36.4 Å². The Hall–Kier alpha value is -2.45. The molecule has 0 saturated carbocycles. The Morgan fingerprint density at radius 1 is 1.04 bits per heavy atom. The quantitative estimate of drug-likeness (QED) is 0.741. The lowest BCUT2D eigenvalue weighted by Gasteiger charge is -2.34. The molecule has 0 aliphatic carbocycles. The first-order valence-corrected chi connectivity index (χ1v) is 11.0. The van der Waals surface area contributed by atoms with Crippen molar-refractivity contribution in [2.75, 3.05) is 11.4 Å². The smallest absolute Gasteiger partial charge is 0.306 e. The van der Waals surface area contributed by atoms with Gasteiger partial charge in [-0.05, 0) is 31.7 Å². The van der Waals surface area contributed by atoms with Gasteiger partial charge in [0.15, 0.2) is 0 Å². The van der Waals surface area contributed by atoms with Crippen molar-refractivity contribution < 1.29 is 18.0 Å². The molecule has 0 spiro atoms. The van der Waals surface area contributed by atoms with Gasteiger partial charge in [-0.25, -0.2) is 18.1 Å². The number of piperazine rings is 1. The topological polar surface area (TPSA) is 78.0 Å². The lowest BCUT2D eigenvalue weighted by atomic mass is 10.1. The second-order valence-electron chi connectivity index (χ2n) is 7.93. The van der Waals surface area contributed by atoms with Crippen molar-refractivity contribution >= 4 is 38.4 Å². The van der Waals surface area contributed by atoms with Crippen LogP contribution >= 0.6 is 0 Å². The fourth-order valence-corrected chi connectivity index (χ4v) is 6.30. The minimum absolute atomic E-state index is 0.250. The number of benzene rings is 2. The van der Waals surface area contributed by atoms with Gasteiger partial charge in [-0.3, -0.25) is 4.79 Å². The number of sulfonamides is 1. The van der Waals surface area contributed by atoms with Crippen LogP contribution < -0.4 is 4.90 Å². The SMILES string of the molecule is CC(C)S(=O)(=O)N1C[C@@H]2C[C@H]1[C@H]1C(=O)N(c3cccc4ccccc34)C(=O)N21. The predicted molar refractivity (Wildman–Crippen MR) is 105 cm³/mol. The molecule has 0 radical (unpaired) electrons. The van der Waals surface area contributed by atoms with E-state index in [1.165, 1.54) is 9.21 Å². The van der Waals surface area contributed by atoms with Crippen LogP contribution in [0, 0.1) is 0 Å². The van der Waals surface area contributed by atoms with E-state index in [1.54, 1.807) is 24.8 Å². The van der Waals surface area contributed by atoms with E-state index < -0.39 is 27.4 Å². The maximum absolute atomic E-state index is 13.3. The Bertz CT molecular complexity index is 1110. The van der Waals surface area contributed by atoms with Gasteiger partial charge in [-0.1, -0.05) is 36.4 Å². The maximum Gasteiger partial charge on any atom is 0.332 e. The average molecular weight is 399 g/mol. The molecule has 2 aromatic rings. The first-order valence-electron chi connectivity index (χ1n) is 9.47. The molecule has 5 rings (SSSR count). The van der Waals surface area contributed by atoms with Crippen LogP contribution in [0.5, 0.6) is 0 Å². The Labute approximate surface area is 163 Å². The summed E-state index contributed by atoms with van der Waals surface area (Å²) in [7, 11) is -3.48. The molecule has 3 saturated heterocycles. The van der Waals surface area contributed by atoms with E-state index in [0.29, 0.717) is 12.1 Å². The Morgan fingerprint density at radius 3 is 2.50 bits per heavy atom. The second-order valence-corrected chi connectivity index (χ2v) is 10.4. The van der Waals surface area contributed by atoms with Gasteiger partial charge in [0, 0.05) is 18.0 Å². The fourth-order valence-electron chi connectivity index (χ4n) is 4.80. The van der Waals surface area contributed by atoms with Crippen LogP contribution in [0.25, 0.3) is 10.8 Å². The van der Waals surface area contributed by atoms with Gasteiger partial charge in [-0.15, -0.1) is 0 Å². The van der Waals surface area contributed by atoms with Crippen LogP contribution in [-0.2, 0) is 14.8 Å². The van der Waals surface area contributed by atoms with E-state index in [4.69, 9.17) is 0 Å².